The molecular weight excluding hydrogens is 389 g/mol. The second kappa shape index (κ2) is 6.92. The van der Waals surface area contributed by atoms with Crippen LogP contribution in [-0.4, -0.2) is 12.7 Å². The molecule has 0 amide bonds. The van der Waals surface area contributed by atoms with E-state index in [-0.39, 0.29) is 22.4 Å². The first-order valence-corrected chi connectivity index (χ1v) is 8.63. The Hall–Kier alpha value is -3.35. The van der Waals surface area contributed by atoms with Crippen molar-refractivity contribution in [2.75, 3.05) is 11.9 Å². The Morgan fingerprint density at radius 2 is 1.62 bits per heavy atom. The van der Waals surface area contributed by atoms with Gasteiger partial charge in [-0.25, -0.2) is 8.78 Å². The summed E-state index contributed by atoms with van der Waals surface area (Å²) in [4.78, 5) is 0. The van der Waals surface area contributed by atoms with Crippen molar-refractivity contribution in [2.45, 2.75) is 6.18 Å². The largest absolute Gasteiger partial charge is 0.456 e. The van der Waals surface area contributed by atoms with Gasteiger partial charge < -0.3 is 10.1 Å². The van der Waals surface area contributed by atoms with Gasteiger partial charge in [-0.05, 0) is 23.8 Å². The predicted molar refractivity (Wildman–Crippen MR) is 100 cm³/mol. The number of benzene rings is 3. The monoisotopic (exact) mass is 403 g/mol. The van der Waals surface area contributed by atoms with Gasteiger partial charge in [0, 0.05) is 27.6 Å². The zero-order valence-corrected chi connectivity index (χ0v) is 14.9. The highest BCUT2D eigenvalue weighted by Crippen LogP contribution is 2.39. The minimum Gasteiger partial charge on any atom is -0.456 e. The molecule has 1 N–H and O–H groups in total. The lowest BCUT2D eigenvalue weighted by molar-refractivity contribution is -0.115. The van der Waals surface area contributed by atoms with E-state index in [0.717, 1.165) is 6.07 Å². The molecule has 2 nitrogen and oxygen atoms in total. The molecule has 3 aromatic carbocycles. The van der Waals surface area contributed by atoms with Gasteiger partial charge in [0.05, 0.1) is 5.69 Å². The normalized spacial score (nSPS) is 12.8. The van der Waals surface area contributed by atoms with Crippen LogP contribution in [0.15, 0.2) is 54.6 Å². The summed E-state index contributed by atoms with van der Waals surface area (Å²) in [5, 5.41) is 2.56. The van der Waals surface area contributed by atoms with Crippen molar-refractivity contribution in [1.29, 1.82) is 0 Å². The van der Waals surface area contributed by atoms with Gasteiger partial charge in [-0.1, -0.05) is 36.9 Å². The Morgan fingerprint density at radius 3 is 2.31 bits per heavy atom. The van der Waals surface area contributed by atoms with Gasteiger partial charge >= 0.3 is 6.18 Å². The molecule has 7 heteroatoms. The lowest BCUT2D eigenvalue weighted by Crippen LogP contribution is -2.23. The second-order valence-electron chi connectivity index (χ2n) is 6.58. The molecule has 4 rings (SSSR count). The zero-order valence-electron chi connectivity index (χ0n) is 14.9. The van der Waals surface area contributed by atoms with Crippen LogP contribution in [0.3, 0.4) is 0 Å². The van der Waals surface area contributed by atoms with Crippen molar-refractivity contribution in [1.82, 2.24) is 0 Å². The number of hydrogen-bond donors (Lipinski definition) is 1. The van der Waals surface area contributed by atoms with E-state index in [1.165, 1.54) is 18.2 Å². The smallest absolute Gasteiger partial charge is 0.405 e. The molecular formula is C22H14F5NO. The van der Waals surface area contributed by atoms with Gasteiger partial charge in [0.1, 0.15) is 29.7 Å². The number of ether oxygens (including phenoxy) is 1. The fraction of sp³-hybridized carbons (Fsp3) is 0.0909. The number of nitrogens with one attached hydrogen (secondary N) is 1. The van der Waals surface area contributed by atoms with Crippen molar-refractivity contribution < 1.29 is 26.7 Å². The highest BCUT2D eigenvalue weighted by molar-refractivity contribution is 5.86. The first-order chi connectivity index (χ1) is 13.7. The van der Waals surface area contributed by atoms with Crippen LogP contribution in [0.2, 0.25) is 0 Å². The van der Waals surface area contributed by atoms with Crippen molar-refractivity contribution in [3.05, 3.63) is 87.8 Å². The van der Waals surface area contributed by atoms with Gasteiger partial charge in [-0.15, -0.1) is 0 Å². The molecule has 0 spiro atoms. The number of anilines is 1. The summed E-state index contributed by atoms with van der Waals surface area (Å²) in [6, 6.07) is 13.8. The zero-order chi connectivity index (χ0) is 20.8. The minimum absolute atomic E-state index is 0.108. The third-order valence-electron chi connectivity index (χ3n) is 4.52. The molecule has 0 saturated heterocycles. The van der Waals surface area contributed by atoms with Crippen molar-refractivity contribution >= 4 is 17.8 Å². The Bertz CT molecular complexity index is 1200. The average Bonchev–Trinajstić information content (AvgIpc) is 2.66. The lowest BCUT2D eigenvalue weighted by Gasteiger charge is -2.23. The molecule has 0 radical (unpaired) electrons. The van der Waals surface area contributed by atoms with E-state index in [9.17, 15) is 22.0 Å². The van der Waals surface area contributed by atoms with E-state index >= 15 is 0 Å². The quantitative estimate of drug-likeness (QED) is 0.501. The van der Waals surface area contributed by atoms with Gasteiger partial charge in [0.2, 0.25) is 0 Å². The van der Waals surface area contributed by atoms with Gasteiger partial charge in [0.15, 0.2) is 0 Å². The third kappa shape index (κ3) is 3.68. The number of hydrogen-bond acceptors (Lipinski definition) is 2. The Morgan fingerprint density at radius 1 is 0.897 bits per heavy atom. The summed E-state index contributed by atoms with van der Waals surface area (Å²) < 4.78 is 72.1. The number of fused-ring (bicyclic) bond motifs is 2. The summed E-state index contributed by atoms with van der Waals surface area (Å²) in [5.41, 5.74) is 1.18. The first kappa shape index (κ1) is 19.0. The van der Waals surface area contributed by atoms with E-state index in [1.807, 2.05) is 5.32 Å². The van der Waals surface area contributed by atoms with E-state index in [1.54, 1.807) is 30.3 Å². The molecule has 1 aliphatic heterocycles. The summed E-state index contributed by atoms with van der Waals surface area (Å²) in [7, 11) is 0. The Labute approximate surface area is 162 Å². The molecule has 0 atom stereocenters. The molecule has 0 bridgehead atoms. The molecule has 1 aliphatic rings. The highest BCUT2D eigenvalue weighted by atomic mass is 19.4. The van der Waals surface area contributed by atoms with Gasteiger partial charge in [0.25, 0.3) is 0 Å². The molecule has 0 saturated carbocycles. The molecule has 1 heterocycles. The molecule has 3 aromatic rings. The van der Waals surface area contributed by atoms with Crippen LogP contribution in [-0.2, 0) is 0 Å². The van der Waals surface area contributed by atoms with E-state index in [4.69, 9.17) is 4.74 Å². The topological polar surface area (TPSA) is 21.3 Å². The summed E-state index contributed by atoms with van der Waals surface area (Å²) >= 11 is 0. The van der Waals surface area contributed by atoms with E-state index in [2.05, 4.69) is 6.58 Å². The number of halogens is 5. The molecule has 0 aliphatic carbocycles. The van der Waals surface area contributed by atoms with Crippen LogP contribution in [0, 0.1) is 11.6 Å². The second-order valence-corrected chi connectivity index (χ2v) is 6.58. The third-order valence-corrected chi connectivity index (χ3v) is 4.52. The predicted octanol–water partition coefficient (Wildman–Crippen LogP) is 4.70. The highest BCUT2D eigenvalue weighted by Gasteiger charge is 2.28. The van der Waals surface area contributed by atoms with Crippen LogP contribution < -0.4 is 20.5 Å². The van der Waals surface area contributed by atoms with Crippen molar-refractivity contribution in [2.24, 2.45) is 0 Å². The fourth-order valence-electron chi connectivity index (χ4n) is 3.22. The summed E-state index contributed by atoms with van der Waals surface area (Å²) in [5.74, 6) is -0.972. The maximum Gasteiger partial charge on any atom is 0.405 e. The van der Waals surface area contributed by atoms with Crippen LogP contribution in [0.1, 0.15) is 11.1 Å². The van der Waals surface area contributed by atoms with Crippen LogP contribution in [0.5, 0.6) is 11.5 Å². The van der Waals surface area contributed by atoms with E-state index in [0.29, 0.717) is 21.9 Å². The van der Waals surface area contributed by atoms with Crippen LogP contribution >= 0.6 is 0 Å². The minimum atomic E-state index is -4.50. The SMILES string of the molecule is C=c1cc2c(cc1F)=C(c1ccccc1)c1cc(F)c(NCC(F)(F)F)cc1O2. The Balaban J connectivity index is 1.95. The maximum absolute atomic E-state index is 14.6. The molecule has 0 unspecified atom stereocenters. The van der Waals surface area contributed by atoms with Crippen molar-refractivity contribution in [3.63, 3.8) is 0 Å². The first-order valence-electron chi connectivity index (χ1n) is 8.63. The standard InChI is InChI=1S/C22H14F5NO/c1-12-7-19-14(8-16(12)23)21(13-5-3-2-4-6-13)15-9-17(24)18(10-20(15)29-19)28-11-22(25,26)27/h2-10,28H,1,11H2. The fourth-order valence-corrected chi connectivity index (χ4v) is 3.22. The van der Waals surface area contributed by atoms with Crippen LogP contribution in [0.25, 0.3) is 12.2 Å². The lowest BCUT2D eigenvalue weighted by atomic mass is 9.92. The Kier molecular flexibility index (Phi) is 4.53. The van der Waals surface area contributed by atoms with Crippen LogP contribution in [0.4, 0.5) is 27.6 Å². The molecule has 0 aromatic heterocycles. The molecule has 0 fully saturated rings. The number of alkyl halides is 3. The molecule has 148 valence electrons. The molecule has 29 heavy (non-hydrogen) atoms. The number of rotatable bonds is 3. The van der Waals surface area contributed by atoms with Crippen molar-refractivity contribution in [3.8, 4) is 11.5 Å². The summed E-state index contributed by atoms with van der Waals surface area (Å²) in [6.07, 6.45) is -4.50. The summed E-state index contributed by atoms with van der Waals surface area (Å²) in [6.45, 7) is 2.22. The maximum atomic E-state index is 14.6. The van der Waals surface area contributed by atoms with Gasteiger partial charge in [-0.3, -0.25) is 0 Å². The van der Waals surface area contributed by atoms with Gasteiger partial charge in [-0.2, -0.15) is 13.2 Å². The van der Waals surface area contributed by atoms with E-state index < -0.39 is 24.4 Å². The average molecular weight is 403 g/mol.